The second kappa shape index (κ2) is 41.2. The van der Waals surface area contributed by atoms with Crippen LogP contribution in [-0.4, -0.2) is 54.1 Å². The number of pyridine rings is 6. The first-order valence-corrected chi connectivity index (χ1v) is 52.0. The molecule has 0 unspecified atom stereocenters. The van der Waals surface area contributed by atoms with Crippen LogP contribution in [0.5, 0.6) is 0 Å². The SMILES string of the molecule is CC(C)c1ccnc(-c2[c-]ccc3c2sc2c([Si](C)(C)C)cccc23)c1.CC(C)c1ccnc(-c2[c-]ccc3c2sc2cc([Si](C)(C)C)ccc23)c1.CC(C)c1ccnc(-c2[c-]ccc3c2sc2ccc([Si](C)(C)C)cc23)c1.[Ir].[Ir].[Ir].[c-]1ccccc1-c1ccccn1.[c-]1ccccc1-c1ccccn1.[c-]1ccccc1-c1ccccn1. The summed E-state index contributed by atoms with van der Waals surface area (Å²) in [5.74, 6) is 1.49. The van der Waals surface area contributed by atoms with Gasteiger partial charge in [0.15, 0.2) is 0 Å². The van der Waals surface area contributed by atoms with Crippen molar-refractivity contribution in [1.29, 1.82) is 0 Å². The van der Waals surface area contributed by atoms with Crippen LogP contribution in [0.1, 0.15) is 76.0 Å². The van der Waals surface area contributed by atoms with Crippen molar-refractivity contribution in [3.8, 4) is 67.5 Å². The zero-order valence-corrected chi connectivity index (χ0v) is 81.5. The van der Waals surface area contributed by atoms with Gasteiger partial charge in [0.25, 0.3) is 0 Å². The molecule has 6 nitrogen and oxygen atoms in total. The maximum Gasteiger partial charge on any atom is 0.0794 e. The summed E-state index contributed by atoms with van der Waals surface area (Å²) in [6, 6.07) is 107. The molecule has 18 rings (SSSR count). The first-order valence-electron chi connectivity index (χ1n) is 39.1. The molecule has 0 aliphatic heterocycles. The first-order chi connectivity index (χ1) is 54.9. The molecule has 9 aromatic carbocycles. The number of rotatable bonds is 12. The van der Waals surface area contributed by atoms with Crippen LogP contribution in [0.3, 0.4) is 0 Å². The minimum atomic E-state index is -1.40. The Balaban J connectivity index is 0.000000152. The van der Waals surface area contributed by atoms with Crippen LogP contribution in [0.25, 0.3) is 128 Å². The number of aromatic nitrogens is 6. The molecule has 0 N–H and O–H groups in total. The van der Waals surface area contributed by atoms with Gasteiger partial charge in [-0.25, -0.2) is 0 Å². The van der Waals surface area contributed by atoms with E-state index in [4.69, 9.17) is 0 Å². The van der Waals surface area contributed by atoms with E-state index in [2.05, 4.69) is 288 Å². The van der Waals surface area contributed by atoms with Crippen molar-refractivity contribution in [2.45, 2.75) is 118 Å². The summed E-state index contributed by atoms with van der Waals surface area (Å²) in [6.45, 7) is 35.0. The summed E-state index contributed by atoms with van der Waals surface area (Å²) in [5.41, 5.74) is 16.5. The largest absolute Gasteiger partial charge is 0.305 e. The topological polar surface area (TPSA) is 77.3 Å². The van der Waals surface area contributed by atoms with Gasteiger partial charge in [-0.2, -0.15) is 34.0 Å². The second-order valence-corrected chi connectivity index (χ2v) is 50.6. The average molecular weight is 2160 g/mol. The number of benzene rings is 9. The fourth-order valence-electron chi connectivity index (χ4n) is 13.4. The van der Waals surface area contributed by atoms with E-state index in [1.165, 1.54) is 87.6 Å². The molecule has 0 aliphatic carbocycles. The van der Waals surface area contributed by atoms with Gasteiger partial charge in [-0.05, 0) is 136 Å². The fraction of sp³-hybridized carbons (Fsp3) is 0.176. The van der Waals surface area contributed by atoms with E-state index < -0.39 is 24.2 Å². The number of thiophene rings is 3. The van der Waals surface area contributed by atoms with Gasteiger partial charge in [0.05, 0.1) is 24.2 Å². The fourth-order valence-corrected chi connectivity index (χ4v) is 22.0. The summed E-state index contributed by atoms with van der Waals surface area (Å²) < 4.78 is 8.07. The summed E-state index contributed by atoms with van der Waals surface area (Å²) in [7, 11) is -4.03. The van der Waals surface area contributed by atoms with E-state index in [0.29, 0.717) is 17.8 Å². The van der Waals surface area contributed by atoms with Crippen molar-refractivity contribution in [2.24, 2.45) is 0 Å². The van der Waals surface area contributed by atoms with Gasteiger partial charge in [0, 0.05) is 112 Å². The number of hydrogen-bond donors (Lipinski definition) is 0. The van der Waals surface area contributed by atoms with Gasteiger partial charge in [-0.15, -0.1) is 179 Å². The normalized spacial score (nSPS) is 11.2. The third-order valence-electron chi connectivity index (χ3n) is 19.9. The van der Waals surface area contributed by atoms with Crippen molar-refractivity contribution in [2.75, 3.05) is 0 Å². The van der Waals surface area contributed by atoms with Crippen molar-refractivity contribution >= 4 is 134 Å². The van der Waals surface area contributed by atoms with Crippen LogP contribution in [-0.2, 0) is 60.3 Å². The summed E-state index contributed by atoms with van der Waals surface area (Å²) in [4.78, 5) is 26.6. The Labute approximate surface area is 748 Å². The second-order valence-electron chi connectivity index (χ2n) is 32.3. The Kier molecular flexibility index (Phi) is 31.9. The third kappa shape index (κ3) is 22.6. The maximum atomic E-state index is 4.67. The number of hydrogen-bond acceptors (Lipinski definition) is 9. The van der Waals surface area contributed by atoms with Crippen LogP contribution in [0, 0.1) is 36.4 Å². The standard InChI is InChI=1S/3C23H24NSSi.3C11H8N.3Ir/c1-15(2)16-12-13-24-20(14-16)19-10-6-8-17-18-9-7-11-21(26(3,4)5)23(18)25-22(17)19;1-15(2)16-11-12-24-21(13-16)20-8-6-7-19-18-10-9-17(26(3,4)5)14-22(18)25-23(19)20;1-15(2)16-11-12-24-21(13-16)19-8-6-7-18-20-14-17(26(3,4)5)9-10-22(20)25-23(18)19;3*1-2-6-10(7-3-1)11-8-4-5-9-12-11;;;/h6-9,11-15H,1-5H3;2*6-7,9-15H,1-5H3;3*1-6,8-9H;;;/q6*-1;;;. The monoisotopic (exact) mass is 2160 g/mol. The number of fused-ring (bicyclic) bond motifs is 9. The Bertz CT molecular complexity index is 5860. The van der Waals surface area contributed by atoms with Gasteiger partial charge < -0.3 is 29.9 Å². The molecule has 0 fully saturated rings. The molecular formula is C102H96Ir3N6S3Si3-6. The van der Waals surface area contributed by atoms with Crippen LogP contribution in [0.4, 0.5) is 0 Å². The Morgan fingerprint density at radius 1 is 0.256 bits per heavy atom. The summed E-state index contributed by atoms with van der Waals surface area (Å²) in [5, 5.41) is 12.7. The maximum absolute atomic E-state index is 4.67. The van der Waals surface area contributed by atoms with Crippen molar-refractivity contribution in [3.63, 3.8) is 0 Å². The van der Waals surface area contributed by atoms with Gasteiger partial charge in [0.1, 0.15) is 0 Å². The van der Waals surface area contributed by atoms with Crippen LogP contribution >= 0.6 is 34.0 Å². The van der Waals surface area contributed by atoms with Gasteiger partial charge in [-0.1, -0.05) is 241 Å². The molecular weight excluding hydrogens is 2070 g/mol. The van der Waals surface area contributed by atoms with Gasteiger partial charge in [0.2, 0.25) is 0 Å². The molecule has 597 valence electrons. The van der Waals surface area contributed by atoms with Crippen LogP contribution in [0.15, 0.2) is 292 Å². The van der Waals surface area contributed by atoms with Crippen molar-refractivity contribution in [3.05, 3.63) is 345 Å². The van der Waals surface area contributed by atoms with Crippen LogP contribution in [0.2, 0.25) is 58.9 Å². The van der Waals surface area contributed by atoms with E-state index in [1.807, 2.05) is 186 Å². The molecule has 0 bridgehead atoms. The quantitative estimate of drug-likeness (QED) is 0.0896. The molecule has 9 aromatic heterocycles. The first kappa shape index (κ1) is 90.5. The molecule has 0 atom stereocenters. The Morgan fingerprint density at radius 3 is 0.991 bits per heavy atom. The van der Waals surface area contributed by atoms with Gasteiger partial charge >= 0.3 is 0 Å². The molecule has 15 heteroatoms. The Morgan fingerprint density at radius 2 is 0.615 bits per heavy atom. The van der Waals surface area contributed by atoms with Crippen LogP contribution < -0.4 is 15.6 Å². The minimum absolute atomic E-state index is 0. The molecule has 0 spiro atoms. The smallest absolute Gasteiger partial charge is 0.0794 e. The summed E-state index contributed by atoms with van der Waals surface area (Å²) in [6.07, 6.45) is 11.1. The molecule has 3 radical (unpaired) electrons. The number of nitrogens with zero attached hydrogens (tertiary/aromatic N) is 6. The minimum Gasteiger partial charge on any atom is -0.305 e. The van der Waals surface area contributed by atoms with E-state index in [1.54, 1.807) is 23.8 Å². The third-order valence-corrected chi connectivity index (χ3v) is 29.9. The molecule has 0 saturated carbocycles. The van der Waals surface area contributed by atoms with E-state index in [-0.39, 0.29) is 60.3 Å². The Hall–Kier alpha value is -8.86. The van der Waals surface area contributed by atoms with Crippen molar-refractivity contribution < 1.29 is 60.3 Å². The molecule has 0 saturated heterocycles. The zero-order chi connectivity index (χ0) is 80.1. The van der Waals surface area contributed by atoms with Crippen molar-refractivity contribution in [1.82, 2.24) is 29.9 Å². The predicted molar refractivity (Wildman–Crippen MR) is 501 cm³/mol. The molecule has 9 heterocycles. The average Bonchev–Trinajstić information content (AvgIpc) is 1.61. The van der Waals surface area contributed by atoms with E-state index in [0.717, 1.165) is 67.5 Å². The molecule has 117 heavy (non-hydrogen) atoms. The van der Waals surface area contributed by atoms with E-state index in [9.17, 15) is 0 Å². The predicted octanol–water partition coefficient (Wildman–Crippen LogP) is 27.4. The molecule has 18 aromatic rings. The molecule has 0 amide bonds. The van der Waals surface area contributed by atoms with E-state index >= 15 is 0 Å². The zero-order valence-electron chi connectivity index (χ0n) is 68.9. The summed E-state index contributed by atoms with van der Waals surface area (Å²) >= 11 is 5.65. The van der Waals surface area contributed by atoms with Gasteiger partial charge in [-0.3, -0.25) is 0 Å². The molecule has 0 aliphatic rings.